The minimum absolute atomic E-state index is 0.606. The molecular weight excluding hydrogens is 352 g/mol. The van der Waals surface area contributed by atoms with Gasteiger partial charge in [0.2, 0.25) is 0 Å². The molecule has 0 aromatic carbocycles. The molecule has 0 N–H and O–H groups in total. The predicted molar refractivity (Wildman–Crippen MR) is 125 cm³/mol. The van der Waals surface area contributed by atoms with Crippen molar-refractivity contribution in [3.05, 3.63) is 0 Å². The summed E-state index contributed by atoms with van der Waals surface area (Å²) in [5.74, 6) is 4.97. The third-order valence-electron chi connectivity index (χ3n) is 11.6. The number of rotatable bonds is 3. The van der Waals surface area contributed by atoms with Crippen LogP contribution >= 0.6 is 0 Å². The molecule has 4 aliphatic carbocycles. The van der Waals surface area contributed by atoms with Crippen molar-refractivity contribution in [3.63, 3.8) is 0 Å². The van der Waals surface area contributed by atoms with Crippen molar-refractivity contribution in [2.45, 2.75) is 90.6 Å². The Morgan fingerprint density at radius 3 is 1.97 bits per heavy atom. The standard InChI is InChI=1S/C27H52N2/c1-19(28(4,5)6)23-12-13-24-22-11-10-20-18-21(29(7,8)9)14-16-26(20,2)25(22)15-17-27(23,24)3/h19-25H,10-18H2,1-9H3/q+2. The monoisotopic (exact) mass is 404 g/mol. The van der Waals surface area contributed by atoms with Crippen LogP contribution in [0.15, 0.2) is 0 Å². The molecule has 2 nitrogen and oxygen atoms in total. The normalized spacial score (nSPS) is 49.1. The summed E-state index contributed by atoms with van der Waals surface area (Å²) in [5, 5.41) is 0. The van der Waals surface area contributed by atoms with Crippen LogP contribution in [0.2, 0.25) is 0 Å². The maximum Gasteiger partial charge on any atom is 0.0889 e. The summed E-state index contributed by atoms with van der Waals surface area (Å²) in [7, 11) is 14.6. The Kier molecular flexibility index (Phi) is 5.31. The molecular formula is C27H52N2+2. The number of hydrogen-bond acceptors (Lipinski definition) is 0. The van der Waals surface area contributed by atoms with Crippen LogP contribution in [0.5, 0.6) is 0 Å². The van der Waals surface area contributed by atoms with Crippen LogP contribution in [-0.2, 0) is 0 Å². The van der Waals surface area contributed by atoms with Gasteiger partial charge in [0, 0.05) is 12.3 Å². The summed E-state index contributed by atoms with van der Waals surface area (Å²) in [4.78, 5) is 0. The van der Waals surface area contributed by atoms with Gasteiger partial charge >= 0.3 is 0 Å². The molecule has 0 aliphatic heterocycles. The zero-order chi connectivity index (χ0) is 21.4. The Bertz CT molecular complexity index is 613. The lowest BCUT2D eigenvalue weighted by molar-refractivity contribution is -0.899. The van der Waals surface area contributed by atoms with E-state index in [0.29, 0.717) is 10.8 Å². The molecule has 0 heterocycles. The van der Waals surface area contributed by atoms with E-state index in [0.717, 1.165) is 46.2 Å². The van der Waals surface area contributed by atoms with Crippen LogP contribution in [-0.4, -0.2) is 63.3 Å². The van der Waals surface area contributed by atoms with Gasteiger partial charge in [0.1, 0.15) is 0 Å². The second-order valence-electron chi connectivity index (χ2n) is 14.3. The Balaban J connectivity index is 1.55. The quantitative estimate of drug-likeness (QED) is 0.520. The minimum atomic E-state index is 0.606. The number of hydrogen-bond donors (Lipinski definition) is 0. The summed E-state index contributed by atoms with van der Waals surface area (Å²) >= 11 is 0. The van der Waals surface area contributed by atoms with Gasteiger partial charge in [-0.1, -0.05) is 13.8 Å². The smallest absolute Gasteiger partial charge is 0.0889 e. The third kappa shape index (κ3) is 3.43. The molecule has 9 unspecified atom stereocenters. The molecule has 4 aliphatic rings. The first-order valence-corrected chi connectivity index (χ1v) is 12.9. The van der Waals surface area contributed by atoms with Gasteiger partial charge in [-0.15, -0.1) is 0 Å². The maximum absolute atomic E-state index is 2.74. The van der Waals surface area contributed by atoms with Crippen LogP contribution < -0.4 is 0 Å². The second-order valence-corrected chi connectivity index (χ2v) is 14.3. The molecule has 0 spiro atoms. The molecule has 4 saturated carbocycles. The first-order chi connectivity index (χ1) is 13.3. The molecule has 168 valence electrons. The van der Waals surface area contributed by atoms with Crippen molar-refractivity contribution in [1.82, 2.24) is 0 Å². The minimum Gasteiger partial charge on any atom is -0.328 e. The summed E-state index contributed by atoms with van der Waals surface area (Å²) in [6, 6.07) is 1.67. The fourth-order valence-electron chi connectivity index (χ4n) is 9.31. The van der Waals surface area contributed by atoms with Crippen molar-refractivity contribution >= 4 is 0 Å². The van der Waals surface area contributed by atoms with Crippen molar-refractivity contribution in [2.75, 3.05) is 42.3 Å². The fraction of sp³-hybridized carbons (Fsp3) is 1.00. The van der Waals surface area contributed by atoms with E-state index in [2.05, 4.69) is 63.1 Å². The van der Waals surface area contributed by atoms with E-state index in [9.17, 15) is 0 Å². The maximum atomic E-state index is 2.74. The number of quaternary nitrogens is 2. The van der Waals surface area contributed by atoms with Gasteiger partial charge in [0.15, 0.2) is 0 Å². The van der Waals surface area contributed by atoms with E-state index in [1.807, 2.05) is 0 Å². The highest BCUT2D eigenvalue weighted by Crippen LogP contribution is 2.68. The van der Waals surface area contributed by atoms with Crippen LogP contribution in [0.3, 0.4) is 0 Å². The molecule has 0 aromatic rings. The molecule has 4 fully saturated rings. The molecule has 2 heteroatoms. The van der Waals surface area contributed by atoms with Gasteiger partial charge < -0.3 is 8.97 Å². The van der Waals surface area contributed by atoms with Gasteiger partial charge in [-0.05, 0) is 92.8 Å². The SMILES string of the molecule is CC(C1CCC2C3CCC4CC([N+](C)(C)C)CCC4(C)C3CCC21C)[N+](C)(C)C. The Labute approximate surface area is 182 Å². The van der Waals surface area contributed by atoms with Crippen LogP contribution in [0, 0.1) is 40.4 Å². The van der Waals surface area contributed by atoms with E-state index in [1.54, 1.807) is 6.42 Å². The highest BCUT2D eigenvalue weighted by atomic mass is 15.3. The first-order valence-electron chi connectivity index (χ1n) is 12.9. The van der Waals surface area contributed by atoms with Crippen LogP contribution in [0.25, 0.3) is 0 Å². The number of fused-ring (bicyclic) bond motifs is 5. The summed E-state index contributed by atoms with van der Waals surface area (Å²) in [5.41, 5.74) is 1.24. The first kappa shape index (κ1) is 22.1. The Morgan fingerprint density at radius 2 is 1.34 bits per heavy atom. The largest absolute Gasteiger partial charge is 0.328 e. The van der Waals surface area contributed by atoms with Crippen LogP contribution in [0.1, 0.15) is 78.6 Å². The summed E-state index contributed by atoms with van der Waals surface area (Å²) < 4.78 is 2.30. The lowest BCUT2D eigenvalue weighted by atomic mass is 9.44. The average Bonchev–Trinajstić information content (AvgIpc) is 2.95. The van der Waals surface area contributed by atoms with Crippen molar-refractivity contribution in [3.8, 4) is 0 Å². The molecule has 0 aromatic heterocycles. The van der Waals surface area contributed by atoms with E-state index in [-0.39, 0.29) is 0 Å². The topological polar surface area (TPSA) is 0 Å². The highest BCUT2D eigenvalue weighted by Gasteiger charge is 2.62. The second kappa shape index (κ2) is 6.96. The van der Waals surface area contributed by atoms with Gasteiger partial charge in [0.05, 0.1) is 54.4 Å². The molecule has 0 amide bonds. The van der Waals surface area contributed by atoms with Crippen molar-refractivity contribution < 1.29 is 8.97 Å². The van der Waals surface area contributed by atoms with Gasteiger partial charge in [-0.25, -0.2) is 0 Å². The van der Waals surface area contributed by atoms with Gasteiger partial charge in [0.25, 0.3) is 0 Å². The average molecular weight is 405 g/mol. The Hall–Kier alpha value is -0.0800. The fourth-order valence-corrected chi connectivity index (χ4v) is 9.31. The van der Waals surface area contributed by atoms with Crippen molar-refractivity contribution in [2.24, 2.45) is 40.4 Å². The van der Waals surface area contributed by atoms with Crippen molar-refractivity contribution in [1.29, 1.82) is 0 Å². The van der Waals surface area contributed by atoms with Crippen LogP contribution in [0.4, 0.5) is 0 Å². The summed E-state index contributed by atoms with van der Waals surface area (Å²) in [6.07, 6.45) is 13.6. The third-order valence-corrected chi connectivity index (χ3v) is 11.6. The number of nitrogens with zero attached hydrogens (tertiary/aromatic N) is 2. The lowest BCUT2D eigenvalue weighted by Crippen LogP contribution is -2.58. The molecule has 29 heavy (non-hydrogen) atoms. The molecule has 4 rings (SSSR count). The van der Waals surface area contributed by atoms with E-state index in [1.165, 1.54) is 55.8 Å². The molecule has 0 bridgehead atoms. The molecule has 0 saturated heterocycles. The zero-order valence-corrected chi connectivity index (χ0v) is 21.3. The Morgan fingerprint density at radius 1 is 0.724 bits per heavy atom. The molecule has 0 radical (unpaired) electrons. The lowest BCUT2D eigenvalue weighted by Gasteiger charge is -2.62. The van der Waals surface area contributed by atoms with E-state index < -0.39 is 0 Å². The molecule has 9 atom stereocenters. The summed E-state index contributed by atoms with van der Waals surface area (Å²) in [6.45, 7) is 8.01. The highest BCUT2D eigenvalue weighted by molar-refractivity contribution is 5.10. The zero-order valence-electron chi connectivity index (χ0n) is 21.3. The van der Waals surface area contributed by atoms with Gasteiger partial charge in [-0.2, -0.15) is 0 Å². The van der Waals surface area contributed by atoms with E-state index in [4.69, 9.17) is 0 Å². The predicted octanol–water partition coefficient (Wildman–Crippen LogP) is 5.81. The van der Waals surface area contributed by atoms with Gasteiger partial charge in [-0.3, -0.25) is 0 Å². The van der Waals surface area contributed by atoms with E-state index >= 15 is 0 Å².